The Balaban J connectivity index is 1.42. The van der Waals surface area contributed by atoms with E-state index in [0.29, 0.717) is 24.5 Å². The summed E-state index contributed by atoms with van der Waals surface area (Å²) in [6, 6.07) is 12.3. The molecule has 0 spiro atoms. The van der Waals surface area contributed by atoms with Crippen LogP contribution in [0.1, 0.15) is 184 Å². The van der Waals surface area contributed by atoms with Crippen molar-refractivity contribution in [3.05, 3.63) is 66.7 Å². The SMILES string of the molecule is CCCCCCCCCCCCCCOc1ccccc1NC(=O)C(C1=Nc2ccccc2S(=O)(=O)N1CCCCCCCCCCCCCC)n1cnc(C(=O)O)c1. The highest BCUT2D eigenvalue weighted by atomic mass is 32.2. The number of aromatic carboxylic acids is 1. The van der Waals surface area contributed by atoms with Gasteiger partial charge in [-0.05, 0) is 37.1 Å². The number of benzene rings is 2. The van der Waals surface area contributed by atoms with Crippen LogP contribution in [0.3, 0.4) is 0 Å². The highest BCUT2D eigenvalue weighted by Crippen LogP contribution is 2.36. The summed E-state index contributed by atoms with van der Waals surface area (Å²) >= 11 is 0. The lowest BCUT2D eigenvalue weighted by molar-refractivity contribution is -0.117. The summed E-state index contributed by atoms with van der Waals surface area (Å²) in [6.45, 7) is 5.10. The topological polar surface area (TPSA) is 143 Å². The first kappa shape index (κ1) is 47.5. The number of para-hydroxylation sites is 3. The van der Waals surface area contributed by atoms with Gasteiger partial charge in [0.15, 0.2) is 17.6 Å². The van der Waals surface area contributed by atoms with Crippen molar-refractivity contribution in [1.29, 1.82) is 0 Å². The number of ether oxygens (including phenoxy) is 1. The van der Waals surface area contributed by atoms with E-state index in [1.165, 1.54) is 130 Å². The number of imidazole rings is 1. The van der Waals surface area contributed by atoms with E-state index in [9.17, 15) is 23.1 Å². The smallest absolute Gasteiger partial charge is 0.356 e. The fourth-order valence-electron chi connectivity index (χ4n) is 7.71. The van der Waals surface area contributed by atoms with Crippen molar-refractivity contribution in [3.63, 3.8) is 0 Å². The number of nitrogens with one attached hydrogen (secondary N) is 1. The van der Waals surface area contributed by atoms with Gasteiger partial charge in [0.1, 0.15) is 10.6 Å². The van der Waals surface area contributed by atoms with Crippen molar-refractivity contribution in [2.24, 2.45) is 4.99 Å². The molecule has 0 saturated carbocycles. The molecule has 0 radical (unpaired) electrons. The number of carboxylic acids is 1. The first-order valence-corrected chi connectivity index (χ1v) is 24.2. The van der Waals surface area contributed by atoms with Crippen LogP contribution in [0.25, 0.3) is 0 Å². The minimum atomic E-state index is -4.11. The molecule has 3 aromatic rings. The standard InChI is InChI=1S/C47H71N5O6S/c1-3-5-7-9-11-13-15-17-19-21-23-29-35-52-45(49-40-32-26-28-34-43(40)59(52,56)57)44(51-37-41(47(54)55)48-38-51)46(53)50-39-31-25-27-33-42(39)58-36-30-24-22-20-18-16-14-12-10-8-6-4-2/h25-28,31-34,37-38,44H,3-24,29-30,35-36H2,1-2H3,(H,50,53)(H,54,55). The number of aliphatic imine (C=N–C) groups is 1. The molecule has 326 valence electrons. The van der Waals surface area contributed by atoms with Gasteiger partial charge in [-0.3, -0.25) is 9.10 Å². The molecule has 0 fully saturated rings. The van der Waals surface area contributed by atoms with Gasteiger partial charge in [0, 0.05) is 12.7 Å². The zero-order valence-corrected chi connectivity index (χ0v) is 36.7. The molecular formula is C47H71N5O6S. The number of hydrogen-bond acceptors (Lipinski definition) is 7. The maximum absolute atomic E-state index is 14.5. The monoisotopic (exact) mass is 834 g/mol. The lowest BCUT2D eigenvalue weighted by atomic mass is 10.1. The van der Waals surface area contributed by atoms with Gasteiger partial charge in [-0.2, -0.15) is 0 Å². The van der Waals surface area contributed by atoms with Crippen molar-refractivity contribution < 1.29 is 27.9 Å². The van der Waals surface area contributed by atoms with Crippen LogP contribution in [-0.4, -0.2) is 58.2 Å². The molecule has 2 N–H and O–H groups in total. The van der Waals surface area contributed by atoms with Gasteiger partial charge in [0.05, 0.1) is 24.3 Å². The summed E-state index contributed by atoms with van der Waals surface area (Å²) in [4.78, 5) is 35.3. The maximum Gasteiger partial charge on any atom is 0.356 e. The quantitative estimate of drug-likeness (QED) is 0.0596. The van der Waals surface area contributed by atoms with E-state index in [1.54, 1.807) is 36.4 Å². The van der Waals surface area contributed by atoms with Crippen LogP contribution in [0, 0.1) is 0 Å². The van der Waals surface area contributed by atoms with E-state index >= 15 is 0 Å². The average Bonchev–Trinajstić information content (AvgIpc) is 3.72. The van der Waals surface area contributed by atoms with Crippen LogP contribution in [0.15, 0.2) is 70.9 Å². The zero-order valence-electron chi connectivity index (χ0n) is 35.9. The normalized spacial score (nSPS) is 13.8. The second-order valence-corrected chi connectivity index (χ2v) is 17.9. The molecule has 1 aromatic heterocycles. The van der Waals surface area contributed by atoms with Crippen LogP contribution >= 0.6 is 0 Å². The number of amides is 1. The number of aromatic nitrogens is 2. The largest absolute Gasteiger partial charge is 0.491 e. The Labute approximate surface area is 354 Å². The van der Waals surface area contributed by atoms with Crippen LogP contribution in [0.5, 0.6) is 5.75 Å². The number of amidine groups is 1. The van der Waals surface area contributed by atoms with Crippen LogP contribution < -0.4 is 10.1 Å². The minimum absolute atomic E-state index is 0.0199. The Morgan fingerprint density at radius 1 is 0.695 bits per heavy atom. The fraction of sp³-hybridized carbons (Fsp3) is 0.617. The predicted octanol–water partition coefficient (Wildman–Crippen LogP) is 12.3. The third-order valence-electron chi connectivity index (χ3n) is 11.2. The number of carbonyl (C=O) groups is 2. The van der Waals surface area contributed by atoms with Crippen LogP contribution in [0.4, 0.5) is 11.4 Å². The molecule has 1 amide bonds. The second kappa shape index (κ2) is 26.8. The summed E-state index contributed by atoms with van der Waals surface area (Å²) in [5.41, 5.74) is 0.365. The molecule has 4 rings (SSSR count). The van der Waals surface area contributed by atoms with Crippen molar-refractivity contribution in [2.75, 3.05) is 18.5 Å². The number of sulfonamides is 1. The predicted molar refractivity (Wildman–Crippen MR) is 238 cm³/mol. The highest BCUT2D eigenvalue weighted by Gasteiger charge is 2.41. The molecule has 0 aliphatic carbocycles. The molecule has 2 heterocycles. The Morgan fingerprint density at radius 2 is 1.20 bits per heavy atom. The number of rotatable bonds is 32. The van der Waals surface area contributed by atoms with E-state index in [-0.39, 0.29) is 28.7 Å². The average molecular weight is 834 g/mol. The van der Waals surface area contributed by atoms with Gasteiger partial charge >= 0.3 is 5.97 Å². The minimum Gasteiger partial charge on any atom is -0.491 e. The molecule has 1 atom stereocenters. The van der Waals surface area contributed by atoms with Gasteiger partial charge in [0.2, 0.25) is 0 Å². The summed E-state index contributed by atoms with van der Waals surface area (Å²) in [6.07, 6.45) is 31.0. The van der Waals surface area contributed by atoms with Crippen molar-refractivity contribution >= 4 is 39.1 Å². The Kier molecular flexibility index (Phi) is 21.6. The molecule has 1 aliphatic heterocycles. The summed E-state index contributed by atoms with van der Waals surface area (Å²) in [5, 5.41) is 12.7. The van der Waals surface area contributed by atoms with E-state index < -0.39 is 27.9 Å². The maximum atomic E-state index is 14.5. The van der Waals surface area contributed by atoms with Crippen molar-refractivity contribution in [3.8, 4) is 5.75 Å². The van der Waals surface area contributed by atoms with Crippen molar-refractivity contribution in [2.45, 2.75) is 179 Å². The molecule has 1 unspecified atom stereocenters. The van der Waals surface area contributed by atoms with E-state index in [4.69, 9.17) is 9.73 Å². The Morgan fingerprint density at radius 3 is 1.76 bits per heavy atom. The van der Waals surface area contributed by atoms with Gasteiger partial charge in [-0.15, -0.1) is 0 Å². The number of unbranched alkanes of at least 4 members (excludes halogenated alkanes) is 22. The molecule has 1 aliphatic rings. The van der Waals surface area contributed by atoms with Crippen LogP contribution in [0.2, 0.25) is 0 Å². The summed E-state index contributed by atoms with van der Waals surface area (Å²) in [7, 11) is -4.11. The lowest BCUT2D eigenvalue weighted by Gasteiger charge is -2.33. The molecule has 12 heteroatoms. The molecule has 0 saturated heterocycles. The van der Waals surface area contributed by atoms with Gasteiger partial charge < -0.3 is 19.7 Å². The molecule has 59 heavy (non-hydrogen) atoms. The van der Waals surface area contributed by atoms with E-state index in [2.05, 4.69) is 24.1 Å². The van der Waals surface area contributed by atoms with E-state index in [1.807, 2.05) is 6.07 Å². The highest BCUT2D eigenvalue weighted by molar-refractivity contribution is 7.90. The molecule has 11 nitrogen and oxygen atoms in total. The number of hydrogen-bond donors (Lipinski definition) is 2. The molecule has 2 aromatic carbocycles. The lowest BCUT2D eigenvalue weighted by Crippen LogP contribution is -2.47. The third kappa shape index (κ3) is 15.7. The summed E-state index contributed by atoms with van der Waals surface area (Å²) in [5.74, 6) is -1.39. The first-order chi connectivity index (χ1) is 28.8. The summed E-state index contributed by atoms with van der Waals surface area (Å²) < 4.78 is 37.3. The number of fused-ring (bicyclic) bond motifs is 1. The fourth-order valence-corrected chi connectivity index (χ4v) is 9.34. The number of nitrogens with zero attached hydrogens (tertiary/aromatic N) is 4. The molecule has 0 bridgehead atoms. The second-order valence-electron chi connectivity index (χ2n) is 16.0. The van der Waals surface area contributed by atoms with Gasteiger partial charge in [-0.25, -0.2) is 23.2 Å². The van der Waals surface area contributed by atoms with Crippen molar-refractivity contribution in [1.82, 2.24) is 13.9 Å². The molecular weight excluding hydrogens is 763 g/mol. The third-order valence-corrected chi connectivity index (χ3v) is 13.0. The Bertz CT molecular complexity index is 1830. The van der Waals surface area contributed by atoms with Gasteiger partial charge in [-0.1, -0.05) is 179 Å². The van der Waals surface area contributed by atoms with Gasteiger partial charge in [0.25, 0.3) is 15.9 Å². The number of carbonyl (C=O) groups excluding carboxylic acids is 1. The van der Waals surface area contributed by atoms with Crippen LogP contribution in [-0.2, 0) is 14.8 Å². The zero-order chi connectivity index (χ0) is 42.1. The van der Waals surface area contributed by atoms with E-state index in [0.717, 1.165) is 44.9 Å². The number of carboxylic acid groups (broad SMARTS) is 1. The first-order valence-electron chi connectivity index (χ1n) is 22.8. The number of anilines is 1. The Hall–Kier alpha value is -4.19.